The standard InChI is InChI=1S/C15H20O4/c1-13-12-15(6-5-14(13)4-3-7-16)19-11-10-18-9-8-17-2/h5-6,12,16H,7-11H2,1-2H3. The van der Waals surface area contributed by atoms with Crippen LogP contribution >= 0.6 is 0 Å². The molecule has 0 fully saturated rings. The van der Waals surface area contributed by atoms with Crippen LogP contribution in [0.5, 0.6) is 5.75 Å². The first-order valence-corrected chi connectivity index (χ1v) is 6.17. The van der Waals surface area contributed by atoms with E-state index in [1.165, 1.54) is 0 Å². The van der Waals surface area contributed by atoms with Gasteiger partial charge in [0.15, 0.2) is 0 Å². The summed E-state index contributed by atoms with van der Waals surface area (Å²) >= 11 is 0. The number of benzene rings is 1. The monoisotopic (exact) mass is 264 g/mol. The summed E-state index contributed by atoms with van der Waals surface area (Å²) in [7, 11) is 1.64. The van der Waals surface area contributed by atoms with Gasteiger partial charge in [-0.1, -0.05) is 11.8 Å². The molecule has 0 amide bonds. The van der Waals surface area contributed by atoms with E-state index in [1.54, 1.807) is 7.11 Å². The van der Waals surface area contributed by atoms with Crippen LogP contribution in [-0.4, -0.2) is 45.3 Å². The van der Waals surface area contributed by atoms with E-state index in [4.69, 9.17) is 19.3 Å². The van der Waals surface area contributed by atoms with Crippen molar-refractivity contribution in [1.29, 1.82) is 0 Å². The predicted molar refractivity (Wildman–Crippen MR) is 73.3 cm³/mol. The van der Waals surface area contributed by atoms with Crippen LogP contribution in [0.3, 0.4) is 0 Å². The summed E-state index contributed by atoms with van der Waals surface area (Å²) < 4.78 is 15.7. The highest BCUT2D eigenvalue weighted by Gasteiger charge is 1.99. The van der Waals surface area contributed by atoms with Crippen LogP contribution in [0.25, 0.3) is 0 Å². The van der Waals surface area contributed by atoms with E-state index in [1.807, 2.05) is 25.1 Å². The SMILES string of the molecule is COCCOCCOc1ccc(C#CCO)c(C)c1. The summed E-state index contributed by atoms with van der Waals surface area (Å²) in [6.07, 6.45) is 0. The van der Waals surface area contributed by atoms with Gasteiger partial charge < -0.3 is 19.3 Å². The van der Waals surface area contributed by atoms with E-state index in [0.29, 0.717) is 26.4 Å². The zero-order valence-corrected chi connectivity index (χ0v) is 11.4. The molecule has 0 aliphatic heterocycles. The normalized spacial score (nSPS) is 9.84. The van der Waals surface area contributed by atoms with Crippen LogP contribution in [-0.2, 0) is 9.47 Å². The summed E-state index contributed by atoms with van der Waals surface area (Å²) in [6.45, 7) is 4.05. The highest BCUT2D eigenvalue weighted by atomic mass is 16.5. The Hall–Kier alpha value is -1.54. The van der Waals surface area contributed by atoms with Gasteiger partial charge in [-0.25, -0.2) is 0 Å². The van der Waals surface area contributed by atoms with E-state index in [2.05, 4.69) is 11.8 Å². The number of rotatable bonds is 7. The zero-order valence-electron chi connectivity index (χ0n) is 11.4. The van der Waals surface area contributed by atoms with Crippen LogP contribution < -0.4 is 4.74 Å². The smallest absolute Gasteiger partial charge is 0.119 e. The Morgan fingerprint density at radius 3 is 2.63 bits per heavy atom. The van der Waals surface area contributed by atoms with Crippen molar-refractivity contribution in [2.45, 2.75) is 6.92 Å². The summed E-state index contributed by atoms with van der Waals surface area (Å²) in [4.78, 5) is 0. The first-order valence-electron chi connectivity index (χ1n) is 6.17. The molecular formula is C15H20O4. The van der Waals surface area contributed by atoms with Gasteiger partial charge in [-0.3, -0.25) is 0 Å². The first kappa shape index (κ1) is 15.5. The minimum Gasteiger partial charge on any atom is -0.491 e. The molecular weight excluding hydrogens is 244 g/mol. The molecule has 1 N–H and O–H groups in total. The first-order chi connectivity index (χ1) is 9.27. The Kier molecular flexibility index (Phi) is 7.68. The lowest BCUT2D eigenvalue weighted by molar-refractivity contribution is 0.0544. The number of hydrogen-bond acceptors (Lipinski definition) is 4. The Morgan fingerprint density at radius 1 is 1.16 bits per heavy atom. The van der Waals surface area contributed by atoms with E-state index < -0.39 is 0 Å². The van der Waals surface area contributed by atoms with E-state index in [0.717, 1.165) is 16.9 Å². The van der Waals surface area contributed by atoms with Gasteiger partial charge in [0, 0.05) is 12.7 Å². The molecule has 1 aromatic rings. The Morgan fingerprint density at radius 2 is 1.95 bits per heavy atom. The maximum atomic E-state index is 8.66. The van der Waals surface area contributed by atoms with Crippen molar-refractivity contribution in [3.05, 3.63) is 29.3 Å². The highest BCUT2D eigenvalue weighted by Crippen LogP contribution is 2.16. The fraction of sp³-hybridized carbons (Fsp3) is 0.467. The molecule has 0 heterocycles. The van der Waals surface area contributed by atoms with Crippen LogP contribution in [0, 0.1) is 18.8 Å². The Bertz CT molecular complexity index is 432. The molecule has 0 aromatic heterocycles. The second-order valence-corrected chi connectivity index (χ2v) is 3.89. The second kappa shape index (κ2) is 9.40. The molecule has 0 saturated carbocycles. The summed E-state index contributed by atoms with van der Waals surface area (Å²) in [5, 5.41) is 8.66. The van der Waals surface area contributed by atoms with Gasteiger partial charge in [0.25, 0.3) is 0 Å². The Balaban J connectivity index is 2.37. The molecule has 0 bridgehead atoms. The van der Waals surface area contributed by atoms with Crippen molar-refractivity contribution in [1.82, 2.24) is 0 Å². The van der Waals surface area contributed by atoms with Crippen LogP contribution in [0.2, 0.25) is 0 Å². The van der Waals surface area contributed by atoms with Gasteiger partial charge in [-0.2, -0.15) is 0 Å². The average Bonchev–Trinajstić information content (AvgIpc) is 2.42. The molecule has 0 saturated heterocycles. The maximum Gasteiger partial charge on any atom is 0.119 e. The van der Waals surface area contributed by atoms with Gasteiger partial charge in [-0.15, -0.1) is 0 Å². The van der Waals surface area contributed by atoms with Crippen molar-refractivity contribution in [2.75, 3.05) is 40.1 Å². The number of methoxy groups -OCH3 is 1. The summed E-state index contributed by atoms with van der Waals surface area (Å²) in [6, 6.07) is 5.68. The zero-order chi connectivity index (χ0) is 13.9. The lowest BCUT2D eigenvalue weighted by atomic mass is 10.1. The lowest BCUT2D eigenvalue weighted by Crippen LogP contribution is -2.10. The molecule has 1 rings (SSSR count). The van der Waals surface area contributed by atoms with Crippen LogP contribution in [0.1, 0.15) is 11.1 Å². The molecule has 19 heavy (non-hydrogen) atoms. The molecule has 4 nitrogen and oxygen atoms in total. The second-order valence-electron chi connectivity index (χ2n) is 3.89. The molecule has 0 radical (unpaired) electrons. The molecule has 104 valence electrons. The van der Waals surface area contributed by atoms with Crippen molar-refractivity contribution in [3.63, 3.8) is 0 Å². The molecule has 0 unspecified atom stereocenters. The fourth-order valence-corrected chi connectivity index (χ4v) is 1.46. The van der Waals surface area contributed by atoms with Gasteiger partial charge in [0.1, 0.15) is 19.0 Å². The highest BCUT2D eigenvalue weighted by molar-refractivity contribution is 5.44. The predicted octanol–water partition coefficient (Wildman–Crippen LogP) is 1.38. The Labute approximate surface area is 114 Å². The third-order valence-electron chi connectivity index (χ3n) is 2.43. The van der Waals surface area contributed by atoms with Crippen LogP contribution in [0.4, 0.5) is 0 Å². The topological polar surface area (TPSA) is 47.9 Å². The minimum absolute atomic E-state index is 0.128. The molecule has 0 spiro atoms. The largest absolute Gasteiger partial charge is 0.491 e. The summed E-state index contributed by atoms with van der Waals surface area (Å²) in [5.74, 6) is 6.31. The van der Waals surface area contributed by atoms with Gasteiger partial charge >= 0.3 is 0 Å². The van der Waals surface area contributed by atoms with Gasteiger partial charge in [-0.05, 0) is 30.7 Å². The van der Waals surface area contributed by atoms with Gasteiger partial charge in [0.05, 0.1) is 19.8 Å². The number of aryl methyl sites for hydroxylation is 1. The lowest BCUT2D eigenvalue weighted by Gasteiger charge is -2.08. The third-order valence-corrected chi connectivity index (χ3v) is 2.43. The van der Waals surface area contributed by atoms with E-state index >= 15 is 0 Å². The fourth-order valence-electron chi connectivity index (χ4n) is 1.46. The molecule has 0 aliphatic rings. The quantitative estimate of drug-likeness (QED) is 0.597. The van der Waals surface area contributed by atoms with E-state index in [-0.39, 0.29) is 6.61 Å². The van der Waals surface area contributed by atoms with Crippen molar-refractivity contribution < 1.29 is 19.3 Å². The third kappa shape index (κ3) is 6.25. The number of ether oxygens (including phenoxy) is 3. The van der Waals surface area contributed by atoms with E-state index in [9.17, 15) is 0 Å². The van der Waals surface area contributed by atoms with Crippen molar-refractivity contribution in [2.24, 2.45) is 0 Å². The number of aliphatic hydroxyl groups excluding tert-OH is 1. The molecule has 4 heteroatoms. The number of aliphatic hydroxyl groups is 1. The maximum absolute atomic E-state index is 8.66. The molecule has 1 aromatic carbocycles. The minimum atomic E-state index is -0.128. The van der Waals surface area contributed by atoms with Gasteiger partial charge in [0.2, 0.25) is 0 Å². The molecule has 0 aliphatic carbocycles. The molecule has 0 atom stereocenters. The van der Waals surface area contributed by atoms with Crippen molar-refractivity contribution >= 4 is 0 Å². The van der Waals surface area contributed by atoms with Crippen LogP contribution in [0.15, 0.2) is 18.2 Å². The average molecular weight is 264 g/mol. The number of hydrogen-bond donors (Lipinski definition) is 1. The van der Waals surface area contributed by atoms with Crippen molar-refractivity contribution in [3.8, 4) is 17.6 Å². The summed E-state index contributed by atoms with van der Waals surface area (Å²) in [5.41, 5.74) is 1.93.